The number of carbonyl (C=O) groups is 4. The number of nitrogens with one attached hydrogen (secondary N) is 1. The first kappa shape index (κ1) is 23.0. The Balaban J connectivity index is 1.22. The maximum atomic E-state index is 13.4. The first-order chi connectivity index (χ1) is 17.9. The second-order valence-electron chi connectivity index (χ2n) is 9.89. The molecule has 2 saturated heterocycles. The highest BCUT2D eigenvalue weighted by Crippen LogP contribution is 2.36. The highest BCUT2D eigenvalue weighted by atomic mass is 16.2. The molecule has 3 aliphatic rings. The van der Waals surface area contributed by atoms with E-state index >= 15 is 0 Å². The predicted octanol–water partition coefficient (Wildman–Crippen LogP) is 1.65. The minimum atomic E-state index is -0.674. The summed E-state index contributed by atoms with van der Waals surface area (Å²) in [6.07, 6.45) is 6.48. The Morgan fingerprint density at radius 3 is 2.78 bits per heavy atom. The lowest BCUT2D eigenvalue weighted by atomic mass is 10.0. The summed E-state index contributed by atoms with van der Waals surface area (Å²) >= 11 is 0. The van der Waals surface area contributed by atoms with Crippen molar-refractivity contribution in [3.8, 4) is 5.69 Å². The second-order valence-corrected chi connectivity index (χ2v) is 9.89. The number of fused-ring (bicyclic) bond motifs is 1. The van der Waals surface area contributed by atoms with Crippen LogP contribution in [0.5, 0.6) is 0 Å². The third kappa shape index (κ3) is 4.05. The maximum absolute atomic E-state index is 13.4. The molecule has 2 aromatic heterocycles. The van der Waals surface area contributed by atoms with Crippen LogP contribution in [0.4, 0.5) is 0 Å². The highest BCUT2D eigenvalue weighted by molar-refractivity contribution is 6.05. The minimum Gasteiger partial charge on any atom is -0.330 e. The summed E-state index contributed by atoms with van der Waals surface area (Å²) in [5.74, 6) is -0.844. The molecular formula is C26H25N7O4. The van der Waals surface area contributed by atoms with E-state index in [1.54, 1.807) is 30.7 Å². The number of likely N-dealkylation sites (tertiary alicyclic amines) is 1. The number of hydrogen-bond donors (Lipinski definition) is 1. The van der Waals surface area contributed by atoms with Gasteiger partial charge in [-0.05, 0) is 54.2 Å². The summed E-state index contributed by atoms with van der Waals surface area (Å²) < 4.78 is 1.52. The molecule has 4 amide bonds. The summed E-state index contributed by atoms with van der Waals surface area (Å²) in [4.78, 5) is 57.7. The summed E-state index contributed by atoms with van der Waals surface area (Å²) in [6, 6.07) is 8.37. The number of piperidine rings is 1. The van der Waals surface area contributed by atoms with E-state index in [0.29, 0.717) is 30.1 Å². The Hall–Kier alpha value is -4.41. The average molecular weight is 500 g/mol. The van der Waals surface area contributed by atoms with Crippen LogP contribution in [0, 0.1) is 5.92 Å². The van der Waals surface area contributed by atoms with E-state index in [1.165, 1.54) is 9.58 Å². The molecule has 0 radical (unpaired) electrons. The first-order valence-electron chi connectivity index (χ1n) is 12.3. The van der Waals surface area contributed by atoms with Crippen molar-refractivity contribution in [2.75, 3.05) is 6.54 Å². The quantitative estimate of drug-likeness (QED) is 0.540. The molecule has 3 aromatic rings. The number of carbonyl (C=O) groups excluding carboxylic acids is 4. The monoisotopic (exact) mass is 499 g/mol. The lowest BCUT2D eigenvalue weighted by molar-refractivity contribution is -0.136. The summed E-state index contributed by atoms with van der Waals surface area (Å²) in [6.45, 7) is 3.01. The second kappa shape index (κ2) is 8.91. The van der Waals surface area contributed by atoms with Gasteiger partial charge in [-0.2, -0.15) is 0 Å². The fraction of sp³-hybridized carbons (Fsp3) is 0.346. The molecule has 11 heteroatoms. The van der Waals surface area contributed by atoms with Gasteiger partial charge in [0.1, 0.15) is 6.04 Å². The lowest BCUT2D eigenvalue weighted by Gasteiger charge is -2.29. The Kier molecular flexibility index (Phi) is 5.54. The van der Waals surface area contributed by atoms with E-state index < -0.39 is 11.9 Å². The molecule has 0 aliphatic carbocycles. The van der Waals surface area contributed by atoms with E-state index in [2.05, 4.69) is 27.5 Å². The Labute approximate surface area is 212 Å². The van der Waals surface area contributed by atoms with Crippen LogP contribution in [0.15, 0.2) is 48.9 Å². The van der Waals surface area contributed by atoms with Crippen molar-refractivity contribution in [2.45, 2.75) is 44.8 Å². The van der Waals surface area contributed by atoms with Gasteiger partial charge in [-0.3, -0.25) is 29.5 Å². The van der Waals surface area contributed by atoms with Gasteiger partial charge < -0.3 is 9.80 Å². The van der Waals surface area contributed by atoms with Crippen molar-refractivity contribution in [3.05, 3.63) is 71.3 Å². The minimum absolute atomic E-state index is 0.0642. The number of aromatic nitrogens is 4. The van der Waals surface area contributed by atoms with Crippen LogP contribution in [0.25, 0.3) is 5.69 Å². The average Bonchev–Trinajstić information content (AvgIpc) is 3.62. The molecular weight excluding hydrogens is 474 g/mol. The van der Waals surface area contributed by atoms with Crippen molar-refractivity contribution < 1.29 is 19.2 Å². The molecule has 6 rings (SSSR count). The molecule has 11 nitrogen and oxygen atoms in total. The van der Waals surface area contributed by atoms with Crippen LogP contribution in [0.3, 0.4) is 0 Å². The molecule has 3 atom stereocenters. The van der Waals surface area contributed by atoms with Crippen molar-refractivity contribution in [3.63, 3.8) is 0 Å². The van der Waals surface area contributed by atoms with Gasteiger partial charge in [0.25, 0.3) is 11.8 Å². The van der Waals surface area contributed by atoms with Crippen molar-refractivity contribution >= 4 is 23.6 Å². The third-order valence-corrected chi connectivity index (χ3v) is 7.32. The summed E-state index contributed by atoms with van der Waals surface area (Å²) in [5, 5.41) is 10.6. The van der Waals surface area contributed by atoms with E-state index in [-0.39, 0.29) is 42.4 Å². The van der Waals surface area contributed by atoms with Crippen LogP contribution < -0.4 is 5.32 Å². The van der Waals surface area contributed by atoms with E-state index in [4.69, 9.17) is 0 Å². The zero-order chi connectivity index (χ0) is 25.7. The van der Waals surface area contributed by atoms with Crippen LogP contribution in [-0.4, -0.2) is 66.0 Å². The Morgan fingerprint density at radius 2 is 2.00 bits per heavy atom. The van der Waals surface area contributed by atoms with Gasteiger partial charge in [0, 0.05) is 37.5 Å². The third-order valence-electron chi connectivity index (χ3n) is 7.32. The molecule has 1 N–H and O–H groups in total. The highest BCUT2D eigenvalue weighted by Gasteiger charge is 2.39. The normalized spacial score (nSPS) is 23.4. The molecule has 188 valence electrons. The van der Waals surface area contributed by atoms with Gasteiger partial charge in [-0.25, -0.2) is 4.68 Å². The van der Waals surface area contributed by atoms with Gasteiger partial charge in [0.15, 0.2) is 5.69 Å². The van der Waals surface area contributed by atoms with E-state index in [1.807, 2.05) is 23.1 Å². The van der Waals surface area contributed by atoms with Gasteiger partial charge in [0.2, 0.25) is 11.8 Å². The molecule has 3 unspecified atom stereocenters. The zero-order valence-electron chi connectivity index (χ0n) is 20.2. The van der Waals surface area contributed by atoms with Crippen LogP contribution in [-0.2, 0) is 16.1 Å². The molecule has 2 fully saturated rings. The number of hydrogen-bond acceptors (Lipinski definition) is 7. The fourth-order valence-corrected chi connectivity index (χ4v) is 5.50. The topological polar surface area (TPSA) is 130 Å². The van der Waals surface area contributed by atoms with Crippen LogP contribution in [0.1, 0.15) is 64.2 Å². The fourth-order valence-electron chi connectivity index (χ4n) is 5.50. The van der Waals surface area contributed by atoms with Gasteiger partial charge in [0.05, 0.1) is 17.9 Å². The number of amides is 4. The number of nitrogens with zero attached hydrogens (tertiary/aromatic N) is 6. The number of imide groups is 1. The predicted molar refractivity (Wildman–Crippen MR) is 129 cm³/mol. The molecule has 5 heterocycles. The van der Waals surface area contributed by atoms with Gasteiger partial charge in [-0.15, -0.1) is 5.10 Å². The van der Waals surface area contributed by atoms with Crippen molar-refractivity contribution in [1.29, 1.82) is 0 Å². The Morgan fingerprint density at radius 1 is 1.14 bits per heavy atom. The van der Waals surface area contributed by atoms with Crippen LogP contribution in [0.2, 0.25) is 0 Å². The smallest absolute Gasteiger partial charge is 0.276 e. The summed E-state index contributed by atoms with van der Waals surface area (Å²) in [7, 11) is 0. The molecule has 0 spiro atoms. The molecule has 1 aromatic carbocycles. The molecule has 3 aliphatic heterocycles. The van der Waals surface area contributed by atoms with Crippen molar-refractivity contribution in [1.82, 2.24) is 35.1 Å². The lowest BCUT2D eigenvalue weighted by Crippen LogP contribution is -2.52. The molecule has 0 saturated carbocycles. The zero-order valence-corrected chi connectivity index (χ0v) is 20.2. The number of benzene rings is 1. The standard InChI is InChI=1S/C26H25N7O4/c1-15-9-22(16-3-2-8-27-11-16)31(12-15)26(37)20-14-33(30-29-20)18-4-5-19-17(10-18)13-32(25(19)36)21-6-7-23(34)28-24(21)35/h2-5,8,10-11,14-15,21-22H,6-7,9,12-13H2,1H3,(H,28,34,35). The maximum Gasteiger partial charge on any atom is 0.276 e. The van der Waals surface area contributed by atoms with Crippen LogP contribution >= 0.6 is 0 Å². The van der Waals surface area contributed by atoms with Gasteiger partial charge in [-0.1, -0.05) is 18.2 Å². The van der Waals surface area contributed by atoms with E-state index in [0.717, 1.165) is 17.5 Å². The number of pyridine rings is 1. The summed E-state index contributed by atoms with van der Waals surface area (Å²) in [5.41, 5.74) is 3.15. The van der Waals surface area contributed by atoms with Gasteiger partial charge >= 0.3 is 0 Å². The van der Waals surface area contributed by atoms with Crippen molar-refractivity contribution in [2.24, 2.45) is 5.92 Å². The number of rotatable bonds is 4. The largest absolute Gasteiger partial charge is 0.330 e. The Bertz CT molecular complexity index is 1420. The molecule has 0 bridgehead atoms. The first-order valence-corrected chi connectivity index (χ1v) is 12.3. The SMILES string of the molecule is CC1CC(c2cccnc2)N(C(=O)c2cn(-c3ccc4c(c3)CN(C3CCC(=O)NC3=O)C4=O)nn2)C1. The van der Waals surface area contributed by atoms with E-state index in [9.17, 15) is 19.2 Å². The molecule has 37 heavy (non-hydrogen) atoms.